The molecular weight excluding hydrogens is 271 g/mol. The number of carboxylic acids is 1. The van der Waals surface area contributed by atoms with E-state index >= 15 is 0 Å². The molecule has 0 heterocycles. The van der Waals surface area contributed by atoms with Gasteiger partial charge >= 0.3 is 5.97 Å². The lowest BCUT2D eigenvalue weighted by atomic mass is 10.2. The van der Waals surface area contributed by atoms with E-state index in [1.165, 1.54) is 30.3 Å². The van der Waals surface area contributed by atoms with Gasteiger partial charge < -0.3 is 9.84 Å². The van der Waals surface area contributed by atoms with Gasteiger partial charge in [0.2, 0.25) is 0 Å². The predicted molar refractivity (Wildman–Crippen MR) is 69.1 cm³/mol. The Morgan fingerprint density at radius 3 is 2.53 bits per heavy atom. The molecule has 0 unspecified atom stereocenters. The van der Waals surface area contributed by atoms with Gasteiger partial charge in [-0.2, -0.15) is 0 Å². The van der Waals surface area contributed by atoms with Gasteiger partial charge in [-0.05, 0) is 30.3 Å². The Morgan fingerprint density at radius 2 is 1.89 bits per heavy atom. The third-order valence-corrected chi connectivity index (χ3v) is 2.82. The Morgan fingerprint density at radius 1 is 1.21 bits per heavy atom. The number of carboxylic acid groups (broad SMARTS) is 1. The molecule has 0 aliphatic heterocycles. The second-order valence-electron chi connectivity index (χ2n) is 3.83. The summed E-state index contributed by atoms with van der Waals surface area (Å²) in [5.41, 5.74) is 0.510. The zero-order valence-corrected chi connectivity index (χ0v) is 10.5. The smallest absolute Gasteiger partial charge is 0.335 e. The number of benzene rings is 2. The highest BCUT2D eigenvalue weighted by Gasteiger charge is 2.07. The van der Waals surface area contributed by atoms with Crippen LogP contribution < -0.4 is 4.74 Å². The maximum absolute atomic E-state index is 13.6. The number of aromatic carboxylic acids is 1. The van der Waals surface area contributed by atoms with Crippen molar-refractivity contribution in [2.75, 3.05) is 0 Å². The summed E-state index contributed by atoms with van der Waals surface area (Å²) in [6.45, 7) is 0.0266. The minimum atomic E-state index is -1.01. The van der Waals surface area contributed by atoms with Gasteiger partial charge in [0, 0.05) is 5.56 Å². The lowest BCUT2D eigenvalue weighted by Gasteiger charge is -2.08. The standard InChI is InChI=1S/C14H10ClFO3/c15-12-3-1-2-10(13(12)16)8-19-11-6-4-9(5-7-11)14(17)18/h1-7H,8H2,(H,17,18). The Balaban J connectivity index is 2.06. The first-order valence-electron chi connectivity index (χ1n) is 5.47. The monoisotopic (exact) mass is 280 g/mol. The first-order valence-corrected chi connectivity index (χ1v) is 5.85. The number of rotatable bonds is 4. The van der Waals surface area contributed by atoms with Gasteiger partial charge in [0.05, 0.1) is 10.6 Å². The summed E-state index contributed by atoms with van der Waals surface area (Å²) in [5, 5.41) is 8.79. The summed E-state index contributed by atoms with van der Waals surface area (Å²) < 4.78 is 19.0. The lowest BCUT2D eigenvalue weighted by molar-refractivity contribution is 0.0697. The number of hydrogen-bond donors (Lipinski definition) is 1. The van der Waals surface area contributed by atoms with Gasteiger partial charge in [-0.1, -0.05) is 23.7 Å². The fraction of sp³-hybridized carbons (Fsp3) is 0.0714. The van der Waals surface area contributed by atoms with Gasteiger partial charge in [0.25, 0.3) is 0 Å². The maximum Gasteiger partial charge on any atom is 0.335 e. The second kappa shape index (κ2) is 5.71. The highest BCUT2D eigenvalue weighted by Crippen LogP contribution is 2.20. The van der Waals surface area contributed by atoms with Crippen molar-refractivity contribution in [2.45, 2.75) is 6.61 Å². The molecule has 0 radical (unpaired) electrons. The van der Waals surface area contributed by atoms with E-state index in [0.29, 0.717) is 11.3 Å². The van der Waals surface area contributed by atoms with Crippen molar-refractivity contribution in [1.29, 1.82) is 0 Å². The molecule has 0 spiro atoms. The molecule has 0 fully saturated rings. The van der Waals surface area contributed by atoms with Gasteiger partial charge in [-0.3, -0.25) is 0 Å². The highest BCUT2D eigenvalue weighted by atomic mass is 35.5. The van der Waals surface area contributed by atoms with Crippen molar-refractivity contribution in [3.05, 3.63) is 64.4 Å². The van der Waals surface area contributed by atoms with E-state index in [9.17, 15) is 9.18 Å². The van der Waals surface area contributed by atoms with Crippen molar-refractivity contribution >= 4 is 17.6 Å². The Labute approximate surface area is 114 Å². The van der Waals surface area contributed by atoms with E-state index in [-0.39, 0.29) is 17.2 Å². The van der Waals surface area contributed by atoms with Crippen molar-refractivity contribution in [3.8, 4) is 5.75 Å². The fourth-order valence-corrected chi connectivity index (χ4v) is 1.71. The van der Waals surface area contributed by atoms with Gasteiger partial charge in [-0.25, -0.2) is 9.18 Å². The van der Waals surface area contributed by atoms with E-state index in [1.807, 2.05) is 0 Å². The topological polar surface area (TPSA) is 46.5 Å². The van der Waals surface area contributed by atoms with Crippen LogP contribution in [0.5, 0.6) is 5.75 Å². The molecular formula is C14H10ClFO3. The summed E-state index contributed by atoms with van der Waals surface area (Å²) in [7, 11) is 0. The van der Waals surface area contributed by atoms with Gasteiger partial charge in [0.15, 0.2) is 0 Å². The largest absolute Gasteiger partial charge is 0.489 e. The molecule has 0 aliphatic carbocycles. The molecule has 0 saturated carbocycles. The van der Waals surface area contributed by atoms with E-state index in [2.05, 4.69) is 0 Å². The average molecular weight is 281 g/mol. The van der Waals surface area contributed by atoms with E-state index in [4.69, 9.17) is 21.4 Å². The molecule has 0 aliphatic rings. The zero-order chi connectivity index (χ0) is 13.8. The fourth-order valence-electron chi connectivity index (χ4n) is 1.51. The number of halogens is 2. The van der Waals surface area contributed by atoms with Crippen molar-refractivity contribution in [3.63, 3.8) is 0 Å². The summed E-state index contributed by atoms with van der Waals surface area (Å²) >= 11 is 5.66. The molecule has 2 aromatic carbocycles. The van der Waals surface area contributed by atoms with E-state index in [0.717, 1.165) is 0 Å². The maximum atomic E-state index is 13.6. The van der Waals surface area contributed by atoms with Crippen molar-refractivity contribution in [1.82, 2.24) is 0 Å². The minimum Gasteiger partial charge on any atom is -0.489 e. The van der Waals surface area contributed by atoms with Crippen LogP contribution in [0, 0.1) is 5.82 Å². The predicted octanol–water partition coefficient (Wildman–Crippen LogP) is 3.76. The molecule has 19 heavy (non-hydrogen) atoms. The first-order chi connectivity index (χ1) is 9.08. The van der Waals surface area contributed by atoms with Crippen LogP contribution in [0.4, 0.5) is 4.39 Å². The van der Waals surface area contributed by atoms with Crippen LogP contribution in [-0.2, 0) is 6.61 Å². The minimum absolute atomic E-state index is 0.0266. The SMILES string of the molecule is O=C(O)c1ccc(OCc2cccc(Cl)c2F)cc1. The highest BCUT2D eigenvalue weighted by molar-refractivity contribution is 6.30. The molecule has 0 bridgehead atoms. The number of hydrogen-bond acceptors (Lipinski definition) is 2. The lowest BCUT2D eigenvalue weighted by Crippen LogP contribution is -2.00. The molecule has 5 heteroatoms. The molecule has 3 nitrogen and oxygen atoms in total. The molecule has 2 aromatic rings. The molecule has 0 amide bonds. The normalized spacial score (nSPS) is 10.2. The molecule has 0 saturated heterocycles. The molecule has 0 atom stereocenters. The summed E-state index contributed by atoms with van der Waals surface area (Å²) in [5.74, 6) is -1.05. The molecule has 2 rings (SSSR count). The third-order valence-electron chi connectivity index (χ3n) is 2.53. The Kier molecular flexibility index (Phi) is 4.02. The van der Waals surface area contributed by atoms with Crippen molar-refractivity contribution < 1.29 is 19.0 Å². The van der Waals surface area contributed by atoms with Crippen LogP contribution in [0.25, 0.3) is 0 Å². The Bertz CT molecular complexity index is 596. The molecule has 1 N–H and O–H groups in total. The second-order valence-corrected chi connectivity index (χ2v) is 4.24. The van der Waals surface area contributed by atoms with Crippen LogP contribution in [-0.4, -0.2) is 11.1 Å². The van der Waals surface area contributed by atoms with E-state index < -0.39 is 11.8 Å². The average Bonchev–Trinajstić information content (AvgIpc) is 2.41. The quantitative estimate of drug-likeness (QED) is 0.927. The molecule has 98 valence electrons. The van der Waals surface area contributed by atoms with Crippen LogP contribution in [0.3, 0.4) is 0 Å². The van der Waals surface area contributed by atoms with Crippen LogP contribution in [0.1, 0.15) is 15.9 Å². The third kappa shape index (κ3) is 3.23. The van der Waals surface area contributed by atoms with E-state index in [1.54, 1.807) is 12.1 Å². The Hall–Kier alpha value is -2.07. The van der Waals surface area contributed by atoms with Crippen LogP contribution >= 0.6 is 11.6 Å². The van der Waals surface area contributed by atoms with Crippen LogP contribution in [0.15, 0.2) is 42.5 Å². The van der Waals surface area contributed by atoms with Gasteiger partial charge in [0.1, 0.15) is 18.2 Å². The van der Waals surface area contributed by atoms with Crippen molar-refractivity contribution in [2.24, 2.45) is 0 Å². The van der Waals surface area contributed by atoms with Crippen LogP contribution in [0.2, 0.25) is 5.02 Å². The first kappa shape index (κ1) is 13.4. The van der Waals surface area contributed by atoms with Gasteiger partial charge in [-0.15, -0.1) is 0 Å². The number of ether oxygens (including phenoxy) is 1. The summed E-state index contributed by atoms with van der Waals surface area (Å²) in [6, 6.07) is 10.6. The summed E-state index contributed by atoms with van der Waals surface area (Å²) in [6.07, 6.45) is 0. The number of carbonyl (C=O) groups is 1. The molecule has 0 aromatic heterocycles. The summed E-state index contributed by atoms with van der Waals surface area (Å²) in [4.78, 5) is 10.7. The zero-order valence-electron chi connectivity index (χ0n) is 9.77.